The SMILES string of the molecule is O=c1c2sccc2n2c(=O)n(Cc3cccc(Cl)c3)nc2n1Cc1cccs1. The van der Waals surface area contributed by atoms with E-state index in [1.807, 2.05) is 35.0 Å². The lowest BCUT2D eigenvalue weighted by molar-refractivity contribution is 0.655. The smallest absolute Gasteiger partial charge is 0.270 e. The molecule has 140 valence electrons. The number of aromatic nitrogens is 4. The number of halogens is 1. The molecule has 5 rings (SSSR count). The van der Waals surface area contributed by atoms with E-state index in [0.717, 1.165) is 10.4 Å². The van der Waals surface area contributed by atoms with Gasteiger partial charge >= 0.3 is 5.69 Å². The summed E-state index contributed by atoms with van der Waals surface area (Å²) < 4.78 is 5.02. The normalized spacial score (nSPS) is 11.6. The summed E-state index contributed by atoms with van der Waals surface area (Å²) in [5.74, 6) is 0.344. The van der Waals surface area contributed by atoms with Crippen LogP contribution in [0, 0.1) is 0 Å². The van der Waals surface area contributed by atoms with Crippen LogP contribution < -0.4 is 11.2 Å². The fourth-order valence-corrected chi connectivity index (χ4v) is 4.98. The third-order valence-corrected chi connectivity index (χ3v) is 6.49. The van der Waals surface area contributed by atoms with Gasteiger partial charge in [-0.15, -0.1) is 27.8 Å². The molecule has 9 heteroatoms. The molecule has 0 unspecified atom stereocenters. The highest BCUT2D eigenvalue weighted by molar-refractivity contribution is 7.17. The van der Waals surface area contributed by atoms with Crippen LogP contribution in [0.5, 0.6) is 0 Å². The van der Waals surface area contributed by atoms with Crippen molar-refractivity contribution in [2.75, 3.05) is 0 Å². The summed E-state index contributed by atoms with van der Waals surface area (Å²) in [6.45, 7) is 0.654. The van der Waals surface area contributed by atoms with Crippen LogP contribution in [0.25, 0.3) is 16.0 Å². The highest BCUT2D eigenvalue weighted by Gasteiger charge is 2.18. The topological polar surface area (TPSA) is 61.3 Å². The van der Waals surface area contributed by atoms with E-state index >= 15 is 0 Å². The van der Waals surface area contributed by atoms with Gasteiger partial charge in [0.2, 0.25) is 5.78 Å². The largest absolute Gasteiger partial charge is 0.352 e. The maximum atomic E-state index is 13.1. The lowest BCUT2D eigenvalue weighted by Gasteiger charge is -2.06. The van der Waals surface area contributed by atoms with Crippen molar-refractivity contribution < 1.29 is 0 Å². The van der Waals surface area contributed by atoms with Gasteiger partial charge in [0, 0.05) is 9.90 Å². The number of thiophene rings is 2. The van der Waals surface area contributed by atoms with E-state index in [1.54, 1.807) is 34.1 Å². The number of benzene rings is 1. The van der Waals surface area contributed by atoms with Gasteiger partial charge in [0.25, 0.3) is 5.56 Å². The monoisotopic (exact) mass is 428 g/mol. The zero-order valence-electron chi connectivity index (χ0n) is 14.4. The van der Waals surface area contributed by atoms with Crippen LogP contribution in [0.1, 0.15) is 10.4 Å². The van der Waals surface area contributed by atoms with E-state index in [1.165, 1.54) is 20.4 Å². The molecule has 6 nitrogen and oxygen atoms in total. The summed E-state index contributed by atoms with van der Waals surface area (Å²) >= 11 is 8.96. The molecule has 0 saturated carbocycles. The maximum absolute atomic E-state index is 13.1. The number of hydrogen-bond acceptors (Lipinski definition) is 5. The first kappa shape index (κ1) is 17.4. The Hall–Kier alpha value is -2.68. The molecular weight excluding hydrogens is 416 g/mol. The molecule has 5 aromatic rings. The van der Waals surface area contributed by atoms with Gasteiger partial charge in [-0.1, -0.05) is 29.8 Å². The lowest BCUT2D eigenvalue weighted by atomic mass is 10.2. The van der Waals surface area contributed by atoms with E-state index in [2.05, 4.69) is 5.10 Å². The first-order valence-corrected chi connectivity index (χ1v) is 10.6. The Bertz CT molecular complexity index is 1430. The first-order chi connectivity index (χ1) is 13.6. The van der Waals surface area contributed by atoms with Crippen LogP contribution >= 0.6 is 34.3 Å². The van der Waals surface area contributed by atoms with Crippen LogP contribution in [0.2, 0.25) is 5.02 Å². The molecule has 28 heavy (non-hydrogen) atoms. The van der Waals surface area contributed by atoms with Crippen molar-refractivity contribution >= 4 is 50.3 Å². The zero-order chi connectivity index (χ0) is 19.3. The third-order valence-electron chi connectivity index (χ3n) is 4.50. The Morgan fingerprint density at radius 3 is 2.68 bits per heavy atom. The van der Waals surface area contributed by atoms with Gasteiger partial charge in [-0.25, -0.2) is 13.9 Å². The highest BCUT2D eigenvalue weighted by Crippen LogP contribution is 2.19. The average molecular weight is 429 g/mol. The molecule has 0 radical (unpaired) electrons. The molecule has 0 bridgehead atoms. The molecule has 1 aromatic carbocycles. The third kappa shape index (κ3) is 2.81. The Labute approximate surface area is 171 Å². The maximum Gasteiger partial charge on any atom is 0.352 e. The van der Waals surface area contributed by atoms with E-state index in [-0.39, 0.29) is 17.8 Å². The Balaban J connectivity index is 1.75. The molecule has 4 aromatic heterocycles. The van der Waals surface area contributed by atoms with E-state index in [0.29, 0.717) is 27.6 Å². The molecule has 0 aliphatic heterocycles. The van der Waals surface area contributed by atoms with Gasteiger partial charge in [-0.2, -0.15) is 0 Å². The fraction of sp³-hybridized carbons (Fsp3) is 0.105. The van der Waals surface area contributed by atoms with Crippen molar-refractivity contribution in [3.8, 4) is 0 Å². The van der Waals surface area contributed by atoms with Crippen molar-refractivity contribution in [3.63, 3.8) is 0 Å². The Morgan fingerprint density at radius 2 is 1.89 bits per heavy atom. The second kappa shape index (κ2) is 6.73. The molecule has 0 N–H and O–H groups in total. The van der Waals surface area contributed by atoms with Crippen molar-refractivity contribution in [3.05, 3.63) is 89.5 Å². The average Bonchev–Trinajstić information content (AvgIpc) is 3.40. The van der Waals surface area contributed by atoms with Gasteiger partial charge < -0.3 is 0 Å². The number of rotatable bonds is 4. The molecule has 0 aliphatic rings. The van der Waals surface area contributed by atoms with Gasteiger partial charge in [0.15, 0.2) is 0 Å². The summed E-state index contributed by atoms with van der Waals surface area (Å²) in [6.07, 6.45) is 0. The van der Waals surface area contributed by atoms with Crippen LogP contribution in [0.15, 0.2) is 62.8 Å². The summed E-state index contributed by atoms with van der Waals surface area (Å²) in [5.41, 5.74) is 1.05. The van der Waals surface area contributed by atoms with E-state index < -0.39 is 0 Å². The van der Waals surface area contributed by atoms with Crippen LogP contribution in [-0.2, 0) is 13.1 Å². The second-order valence-electron chi connectivity index (χ2n) is 6.31. The summed E-state index contributed by atoms with van der Waals surface area (Å²) in [7, 11) is 0. The molecular formula is C19H13ClN4O2S2. The summed E-state index contributed by atoms with van der Waals surface area (Å²) in [6, 6.07) is 13.0. The highest BCUT2D eigenvalue weighted by atomic mass is 35.5. The van der Waals surface area contributed by atoms with Gasteiger partial charge in [-0.3, -0.25) is 9.36 Å². The van der Waals surface area contributed by atoms with Crippen molar-refractivity contribution in [2.24, 2.45) is 0 Å². The Morgan fingerprint density at radius 1 is 1.00 bits per heavy atom. The molecule has 0 spiro atoms. The summed E-state index contributed by atoms with van der Waals surface area (Å²) in [4.78, 5) is 27.2. The molecule has 0 aliphatic carbocycles. The lowest BCUT2D eigenvalue weighted by Crippen LogP contribution is -2.26. The first-order valence-electron chi connectivity index (χ1n) is 8.48. The van der Waals surface area contributed by atoms with Gasteiger partial charge in [0.05, 0.1) is 18.6 Å². The zero-order valence-corrected chi connectivity index (χ0v) is 16.8. The van der Waals surface area contributed by atoms with E-state index in [9.17, 15) is 9.59 Å². The van der Waals surface area contributed by atoms with Crippen LogP contribution in [-0.4, -0.2) is 18.7 Å². The minimum Gasteiger partial charge on any atom is -0.270 e. The summed E-state index contributed by atoms with van der Waals surface area (Å²) in [5, 5.41) is 8.89. The molecule has 4 heterocycles. The fourth-order valence-electron chi connectivity index (χ4n) is 3.25. The number of fused-ring (bicyclic) bond motifs is 3. The molecule has 0 atom stereocenters. The van der Waals surface area contributed by atoms with Gasteiger partial charge in [0.1, 0.15) is 4.70 Å². The van der Waals surface area contributed by atoms with Crippen LogP contribution in [0.3, 0.4) is 0 Å². The minimum absolute atomic E-state index is 0.134. The van der Waals surface area contributed by atoms with Crippen molar-refractivity contribution in [2.45, 2.75) is 13.1 Å². The molecule has 0 saturated heterocycles. The molecule has 0 fully saturated rings. The second-order valence-corrected chi connectivity index (χ2v) is 8.70. The van der Waals surface area contributed by atoms with E-state index in [4.69, 9.17) is 11.6 Å². The van der Waals surface area contributed by atoms with Crippen LogP contribution in [0.4, 0.5) is 0 Å². The van der Waals surface area contributed by atoms with Gasteiger partial charge in [-0.05, 0) is 40.6 Å². The number of nitrogens with zero attached hydrogens (tertiary/aromatic N) is 4. The predicted octanol–water partition coefficient (Wildman–Crippen LogP) is 3.68. The van der Waals surface area contributed by atoms with Crippen molar-refractivity contribution in [1.82, 2.24) is 18.7 Å². The Kier molecular flexibility index (Phi) is 4.19. The molecule has 0 amide bonds. The predicted molar refractivity (Wildman–Crippen MR) is 113 cm³/mol. The minimum atomic E-state index is -0.279. The number of hydrogen-bond donors (Lipinski definition) is 0. The standard InChI is InChI=1S/C19H13ClN4O2S2/c20-13-4-1-3-12(9-13)10-23-19(26)24-15-6-8-28-16(15)17(25)22(18(24)21-23)11-14-5-2-7-27-14/h1-9H,10-11H2. The van der Waals surface area contributed by atoms with Crippen molar-refractivity contribution in [1.29, 1.82) is 0 Å². The quantitative estimate of drug-likeness (QED) is 0.438.